The van der Waals surface area contributed by atoms with Gasteiger partial charge in [0, 0.05) is 5.69 Å². The zero-order valence-corrected chi connectivity index (χ0v) is 17.0. The maximum atomic E-state index is 13.6. The lowest BCUT2D eigenvalue weighted by Crippen LogP contribution is -2.35. The number of benzene rings is 3. The molecule has 3 aromatic carbocycles. The van der Waals surface area contributed by atoms with Crippen molar-refractivity contribution in [3.05, 3.63) is 95.1 Å². The molecule has 0 heterocycles. The van der Waals surface area contributed by atoms with Gasteiger partial charge in [-0.05, 0) is 61.0 Å². The monoisotopic (exact) mass is 464 g/mol. The predicted octanol–water partition coefficient (Wildman–Crippen LogP) is 6.09. The van der Waals surface area contributed by atoms with E-state index in [2.05, 4.69) is 5.32 Å². The van der Waals surface area contributed by atoms with Gasteiger partial charge in [-0.1, -0.05) is 18.2 Å². The average Bonchev–Trinajstić information content (AvgIpc) is 2.74. The van der Waals surface area contributed by atoms with E-state index < -0.39 is 47.0 Å². The van der Waals surface area contributed by atoms with E-state index in [1.54, 1.807) is 6.92 Å². The fraction of sp³-hybridized carbons (Fsp3) is 0.130. The van der Waals surface area contributed by atoms with Crippen LogP contribution in [-0.4, -0.2) is 11.9 Å². The van der Waals surface area contributed by atoms with Gasteiger partial charge in [-0.3, -0.25) is 10.1 Å². The molecule has 3 aromatic rings. The van der Waals surface area contributed by atoms with E-state index in [0.29, 0.717) is 11.3 Å². The zero-order valence-electron chi connectivity index (χ0n) is 17.0. The molecule has 172 valence electrons. The lowest BCUT2D eigenvalue weighted by Gasteiger charge is -2.16. The molecule has 3 amide bonds. The number of carbonyl (C=O) groups excluding carboxylic acids is 2. The Morgan fingerprint density at radius 2 is 1.45 bits per heavy atom. The van der Waals surface area contributed by atoms with Crippen molar-refractivity contribution in [3.8, 4) is 5.75 Å². The third-order valence-electron chi connectivity index (χ3n) is 4.55. The molecule has 0 spiro atoms. The number of alkyl halides is 3. The number of urea groups is 1. The van der Waals surface area contributed by atoms with Gasteiger partial charge >= 0.3 is 12.2 Å². The lowest BCUT2D eigenvalue weighted by atomic mass is 10.1. The Labute approximate surface area is 185 Å². The number of carbonyl (C=O) groups is 2. The van der Waals surface area contributed by atoms with Gasteiger partial charge < -0.3 is 10.1 Å². The highest BCUT2D eigenvalue weighted by atomic mass is 19.4. The molecule has 3 rings (SSSR count). The second-order valence-electron chi connectivity index (χ2n) is 6.91. The Balaban J connectivity index is 1.57. The third kappa shape index (κ3) is 6.06. The van der Waals surface area contributed by atoms with Crippen LogP contribution in [0, 0.1) is 11.6 Å². The molecule has 0 bridgehead atoms. The minimum absolute atomic E-state index is 0.254. The first kappa shape index (κ1) is 23.7. The SMILES string of the molecule is CC(Oc1ccc(NC(=O)NC(=O)c2c(F)cccc2F)cc1)c1ccc(C(F)(F)F)cc1. The number of hydrogen-bond donors (Lipinski definition) is 2. The molecule has 0 aliphatic heterocycles. The van der Waals surface area contributed by atoms with Crippen LogP contribution in [0.1, 0.15) is 34.5 Å². The van der Waals surface area contributed by atoms with Gasteiger partial charge in [0.25, 0.3) is 5.91 Å². The topological polar surface area (TPSA) is 67.4 Å². The molecule has 5 nitrogen and oxygen atoms in total. The number of amides is 3. The first-order valence-corrected chi connectivity index (χ1v) is 9.55. The highest BCUT2D eigenvalue weighted by Gasteiger charge is 2.30. The molecule has 0 saturated heterocycles. The fourth-order valence-electron chi connectivity index (χ4n) is 2.87. The van der Waals surface area contributed by atoms with Crippen molar-refractivity contribution in [2.45, 2.75) is 19.2 Å². The molecule has 0 radical (unpaired) electrons. The zero-order chi connectivity index (χ0) is 24.2. The number of hydrogen-bond acceptors (Lipinski definition) is 3. The van der Waals surface area contributed by atoms with E-state index in [1.165, 1.54) is 36.4 Å². The highest BCUT2D eigenvalue weighted by Crippen LogP contribution is 2.31. The number of nitrogens with one attached hydrogen (secondary N) is 2. The quantitative estimate of drug-likeness (QED) is 0.450. The number of rotatable bonds is 5. The van der Waals surface area contributed by atoms with Crippen LogP contribution in [0.4, 0.5) is 32.4 Å². The van der Waals surface area contributed by atoms with E-state index in [1.807, 2.05) is 5.32 Å². The van der Waals surface area contributed by atoms with Crippen LogP contribution in [0.25, 0.3) is 0 Å². The van der Waals surface area contributed by atoms with Gasteiger partial charge in [-0.15, -0.1) is 0 Å². The second kappa shape index (κ2) is 9.68. The van der Waals surface area contributed by atoms with Crippen molar-refractivity contribution in [2.75, 3.05) is 5.32 Å². The summed E-state index contributed by atoms with van der Waals surface area (Å²) < 4.78 is 70.9. The van der Waals surface area contributed by atoms with E-state index in [4.69, 9.17) is 4.74 Å². The average molecular weight is 464 g/mol. The van der Waals surface area contributed by atoms with Crippen LogP contribution in [0.2, 0.25) is 0 Å². The van der Waals surface area contributed by atoms with Crippen molar-refractivity contribution in [3.63, 3.8) is 0 Å². The molecular formula is C23H17F5N2O3. The number of anilines is 1. The number of ether oxygens (including phenoxy) is 1. The molecule has 0 aliphatic carbocycles. The van der Waals surface area contributed by atoms with Crippen LogP contribution >= 0.6 is 0 Å². The Kier molecular flexibility index (Phi) is 6.95. The van der Waals surface area contributed by atoms with Crippen LogP contribution in [0.3, 0.4) is 0 Å². The van der Waals surface area contributed by atoms with Gasteiger partial charge in [0.1, 0.15) is 29.1 Å². The minimum atomic E-state index is -4.42. The van der Waals surface area contributed by atoms with Gasteiger partial charge in [0.15, 0.2) is 0 Å². The summed E-state index contributed by atoms with van der Waals surface area (Å²) in [6.45, 7) is 1.66. The number of halogens is 5. The predicted molar refractivity (Wildman–Crippen MR) is 110 cm³/mol. The summed E-state index contributed by atoms with van der Waals surface area (Å²) in [5.74, 6) is -3.08. The van der Waals surface area contributed by atoms with Crippen LogP contribution in [-0.2, 0) is 6.18 Å². The Bertz CT molecular complexity index is 1130. The van der Waals surface area contributed by atoms with Crippen LogP contribution in [0.5, 0.6) is 5.75 Å². The smallest absolute Gasteiger partial charge is 0.416 e. The van der Waals surface area contributed by atoms with Crippen molar-refractivity contribution < 1.29 is 36.3 Å². The first-order chi connectivity index (χ1) is 15.5. The molecule has 0 aromatic heterocycles. The lowest BCUT2D eigenvalue weighted by molar-refractivity contribution is -0.137. The van der Waals surface area contributed by atoms with E-state index in [0.717, 1.165) is 30.3 Å². The van der Waals surface area contributed by atoms with E-state index >= 15 is 0 Å². The normalized spacial score (nSPS) is 12.1. The maximum absolute atomic E-state index is 13.6. The summed E-state index contributed by atoms with van der Waals surface area (Å²) in [6.07, 6.45) is -4.98. The highest BCUT2D eigenvalue weighted by molar-refractivity contribution is 6.08. The van der Waals surface area contributed by atoms with Crippen molar-refractivity contribution in [1.82, 2.24) is 5.32 Å². The maximum Gasteiger partial charge on any atom is 0.416 e. The standard InChI is InChI=1S/C23H17F5N2O3/c1-13(14-5-7-15(8-6-14)23(26,27)28)33-17-11-9-16(10-12-17)29-22(32)30-21(31)20-18(24)3-2-4-19(20)25/h2-13H,1H3,(H2,29,30,31,32). The van der Waals surface area contributed by atoms with Crippen LogP contribution in [0.15, 0.2) is 66.7 Å². The molecular weight excluding hydrogens is 447 g/mol. The molecule has 33 heavy (non-hydrogen) atoms. The summed E-state index contributed by atoms with van der Waals surface area (Å²) >= 11 is 0. The van der Waals surface area contributed by atoms with Gasteiger partial charge in [-0.25, -0.2) is 13.6 Å². The first-order valence-electron chi connectivity index (χ1n) is 9.55. The fourth-order valence-corrected chi connectivity index (χ4v) is 2.87. The Morgan fingerprint density at radius 3 is 2.00 bits per heavy atom. The summed E-state index contributed by atoms with van der Waals surface area (Å²) in [5.41, 5.74) is -0.857. The molecule has 1 atom stereocenters. The summed E-state index contributed by atoms with van der Waals surface area (Å²) in [6, 6.07) is 12.3. The summed E-state index contributed by atoms with van der Waals surface area (Å²) in [5, 5.41) is 4.17. The second-order valence-corrected chi connectivity index (χ2v) is 6.91. The molecule has 2 N–H and O–H groups in total. The van der Waals surface area contributed by atoms with Crippen molar-refractivity contribution in [1.29, 1.82) is 0 Å². The molecule has 0 saturated carbocycles. The number of imide groups is 1. The van der Waals surface area contributed by atoms with E-state index in [-0.39, 0.29) is 5.69 Å². The minimum Gasteiger partial charge on any atom is -0.486 e. The van der Waals surface area contributed by atoms with Crippen molar-refractivity contribution >= 4 is 17.6 Å². The summed E-state index contributed by atoms with van der Waals surface area (Å²) in [7, 11) is 0. The van der Waals surface area contributed by atoms with E-state index in [9.17, 15) is 31.5 Å². The third-order valence-corrected chi connectivity index (χ3v) is 4.55. The largest absolute Gasteiger partial charge is 0.486 e. The van der Waals surface area contributed by atoms with Gasteiger partial charge in [0.2, 0.25) is 0 Å². The van der Waals surface area contributed by atoms with Crippen LogP contribution < -0.4 is 15.4 Å². The molecule has 0 fully saturated rings. The van der Waals surface area contributed by atoms with Gasteiger partial charge in [0.05, 0.1) is 5.56 Å². The molecule has 0 aliphatic rings. The Hall–Kier alpha value is -3.95. The van der Waals surface area contributed by atoms with Gasteiger partial charge in [-0.2, -0.15) is 13.2 Å². The Morgan fingerprint density at radius 1 is 0.879 bits per heavy atom. The summed E-state index contributed by atoms with van der Waals surface area (Å²) in [4.78, 5) is 23.9. The molecule has 10 heteroatoms. The van der Waals surface area contributed by atoms with Crippen molar-refractivity contribution in [2.24, 2.45) is 0 Å². The molecule has 1 unspecified atom stereocenters.